The summed E-state index contributed by atoms with van der Waals surface area (Å²) in [6, 6.07) is 11.0. The van der Waals surface area contributed by atoms with Crippen LogP contribution in [0.1, 0.15) is 51.5 Å². The summed E-state index contributed by atoms with van der Waals surface area (Å²) in [4.78, 5) is 0. The minimum absolute atomic E-state index is 0.221. The molecule has 1 aliphatic rings. The normalized spacial score (nSPS) is 29.3. The molecule has 0 aliphatic heterocycles. The molecule has 2 rings (SSSR count). The quantitative estimate of drug-likeness (QED) is 0.485. The van der Waals surface area contributed by atoms with Crippen LogP contribution in [0.3, 0.4) is 0 Å². The lowest BCUT2D eigenvalue weighted by molar-refractivity contribution is 0.177. The van der Waals surface area contributed by atoms with Crippen LogP contribution in [0.5, 0.6) is 0 Å². The standard InChI is InChI=1S/C21H30O/c1-5-18(13-9-16-22-4)20(2)14-10-15-21(3,17-20)19-11-7-6-8-12-19/h5-8,11-13H,1,9-10,14-17H2,2-4H3/b18-13+. The van der Waals surface area contributed by atoms with Gasteiger partial charge in [0.05, 0.1) is 0 Å². The van der Waals surface area contributed by atoms with Gasteiger partial charge in [0.15, 0.2) is 0 Å². The SMILES string of the molecule is C=C/C(=C\CCOC)C1(C)CCCC(C)(c2ccccc2)C1. The summed E-state index contributed by atoms with van der Waals surface area (Å²) in [5.41, 5.74) is 3.35. The second-order valence-electron chi connectivity index (χ2n) is 7.16. The van der Waals surface area contributed by atoms with Gasteiger partial charge in [-0.05, 0) is 47.6 Å². The van der Waals surface area contributed by atoms with E-state index in [1.54, 1.807) is 7.11 Å². The molecule has 0 spiro atoms. The van der Waals surface area contributed by atoms with Crippen LogP contribution >= 0.6 is 0 Å². The van der Waals surface area contributed by atoms with E-state index in [-0.39, 0.29) is 10.8 Å². The second-order valence-corrected chi connectivity index (χ2v) is 7.16. The molecule has 0 saturated heterocycles. The molecular weight excluding hydrogens is 268 g/mol. The summed E-state index contributed by atoms with van der Waals surface area (Å²) in [5, 5.41) is 0. The van der Waals surface area contributed by atoms with Gasteiger partial charge in [0.1, 0.15) is 0 Å². The molecule has 2 unspecified atom stereocenters. The average molecular weight is 298 g/mol. The van der Waals surface area contributed by atoms with E-state index >= 15 is 0 Å². The maximum atomic E-state index is 5.19. The molecule has 1 aromatic carbocycles. The third kappa shape index (κ3) is 3.70. The van der Waals surface area contributed by atoms with E-state index < -0.39 is 0 Å². The number of allylic oxidation sites excluding steroid dienone is 2. The van der Waals surface area contributed by atoms with Crippen molar-refractivity contribution < 1.29 is 4.74 Å². The van der Waals surface area contributed by atoms with E-state index in [9.17, 15) is 0 Å². The van der Waals surface area contributed by atoms with E-state index in [0.717, 1.165) is 13.0 Å². The Morgan fingerprint density at radius 3 is 2.59 bits per heavy atom. The van der Waals surface area contributed by atoms with Gasteiger partial charge < -0.3 is 4.74 Å². The highest BCUT2D eigenvalue weighted by Gasteiger charge is 2.41. The number of hydrogen-bond acceptors (Lipinski definition) is 1. The molecule has 1 heteroatoms. The number of methoxy groups -OCH3 is 1. The first kappa shape index (κ1) is 17.0. The van der Waals surface area contributed by atoms with Crippen LogP contribution in [0.25, 0.3) is 0 Å². The van der Waals surface area contributed by atoms with Gasteiger partial charge in [-0.15, -0.1) is 0 Å². The van der Waals surface area contributed by atoms with Gasteiger partial charge in [-0.2, -0.15) is 0 Å². The molecule has 1 nitrogen and oxygen atoms in total. The van der Waals surface area contributed by atoms with Crippen LogP contribution in [-0.2, 0) is 10.2 Å². The Morgan fingerprint density at radius 2 is 1.95 bits per heavy atom. The topological polar surface area (TPSA) is 9.23 Å². The zero-order valence-electron chi connectivity index (χ0n) is 14.4. The maximum Gasteiger partial charge on any atom is 0.0496 e. The van der Waals surface area contributed by atoms with Crippen molar-refractivity contribution in [2.75, 3.05) is 13.7 Å². The lowest BCUT2D eigenvalue weighted by Gasteiger charge is -2.46. The number of hydrogen-bond donors (Lipinski definition) is 0. The van der Waals surface area contributed by atoms with Crippen LogP contribution in [-0.4, -0.2) is 13.7 Å². The molecule has 0 aromatic heterocycles. The summed E-state index contributed by atoms with van der Waals surface area (Å²) in [7, 11) is 1.76. The van der Waals surface area contributed by atoms with Crippen molar-refractivity contribution in [2.24, 2.45) is 5.41 Å². The second kappa shape index (κ2) is 7.28. The summed E-state index contributed by atoms with van der Waals surface area (Å²) in [6.45, 7) is 9.69. The predicted octanol–water partition coefficient (Wildman–Crippen LogP) is 5.67. The van der Waals surface area contributed by atoms with E-state index in [1.165, 1.54) is 36.8 Å². The lowest BCUT2D eigenvalue weighted by Crippen LogP contribution is -2.36. The Labute approximate surface area is 136 Å². The lowest BCUT2D eigenvalue weighted by atomic mass is 9.58. The van der Waals surface area contributed by atoms with Crippen LogP contribution in [0.4, 0.5) is 0 Å². The van der Waals surface area contributed by atoms with Crippen molar-refractivity contribution in [3.05, 3.63) is 60.2 Å². The molecule has 2 atom stereocenters. The van der Waals surface area contributed by atoms with Crippen LogP contribution in [0.2, 0.25) is 0 Å². The largest absolute Gasteiger partial charge is 0.384 e. The third-order valence-electron chi connectivity index (χ3n) is 5.31. The molecule has 0 amide bonds. The van der Waals surface area contributed by atoms with Crippen molar-refractivity contribution in [2.45, 2.75) is 51.4 Å². The molecule has 1 saturated carbocycles. The zero-order chi connectivity index (χ0) is 16.1. The highest BCUT2D eigenvalue weighted by atomic mass is 16.5. The van der Waals surface area contributed by atoms with Gasteiger partial charge in [-0.25, -0.2) is 0 Å². The smallest absolute Gasteiger partial charge is 0.0496 e. The Hall–Kier alpha value is -1.34. The fourth-order valence-corrected chi connectivity index (χ4v) is 4.15. The fraction of sp³-hybridized carbons (Fsp3) is 0.524. The van der Waals surface area contributed by atoms with Gasteiger partial charge in [-0.3, -0.25) is 0 Å². The molecule has 1 aliphatic carbocycles. The summed E-state index contributed by atoms with van der Waals surface area (Å²) in [6.07, 6.45) is 10.3. The Kier molecular flexibility index (Phi) is 5.63. The first-order valence-electron chi connectivity index (χ1n) is 8.42. The van der Waals surface area contributed by atoms with Crippen molar-refractivity contribution in [3.8, 4) is 0 Å². The van der Waals surface area contributed by atoms with Gasteiger partial charge in [0.2, 0.25) is 0 Å². The average Bonchev–Trinajstić information content (AvgIpc) is 2.52. The van der Waals surface area contributed by atoms with Gasteiger partial charge in [0, 0.05) is 13.7 Å². The summed E-state index contributed by atoms with van der Waals surface area (Å²) in [5.74, 6) is 0. The summed E-state index contributed by atoms with van der Waals surface area (Å²) < 4.78 is 5.19. The molecule has 1 aromatic rings. The monoisotopic (exact) mass is 298 g/mol. The van der Waals surface area contributed by atoms with Crippen LogP contribution in [0, 0.1) is 5.41 Å². The minimum Gasteiger partial charge on any atom is -0.384 e. The molecule has 0 bridgehead atoms. The van der Waals surface area contributed by atoms with Crippen molar-refractivity contribution >= 4 is 0 Å². The Bertz CT molecular complexity index is 516. The first-order chi connectivity index (χ1) is 10.5. The van der Waals surface area contributed by atoms with E-state index in [4.69, 9.17) is 4.74 Å². The van der Waals surface area contributed by atoms with Crippen molar-refractivity contribution in [1.82, 2.24) is 0 Å². The van der Waals surface area contributed by atoms with E-state index in [2.05, 4.69) is 62.9 Å². The minimum atomic E-state index is 0.221. The fourth-order valence-electron chi connectivity index (χ4n) is 4.15. The predicted molar refractivity (Wildman–Crippen MR) is 95.1 cm³/mol. The molecular formula is C21H30O. The van der Waals surface area contributed by atoms with Gasteiger partial charge in [0.25, 0.3) is 0 Å². The molecule has 1 fully saturated rings. The Morgan fingerprint density at radius 1 is 1.23 bits per heavy atom. The molecule has 0 N–H and O–H groups in total. The van der Waals surface area contributed by atoms with Crippen molar-refractivity contribution in [1.29, 1.82) is 0 Å². The highest BCUT2D eigenvalue weighted by Crippen LogP contribution is 2.51. The summed E-state index contributed by atoms with van der Waals surface area (Å²) >= 11 is 0. The molecule has 0 radical (unpaired) electrons. The molecule has 22 heavy (non-hydrogen) atoms. The zero-order valence-corrected chi connectivity index (χ0v) is 14.4. The van der Waals surface area contributed by atoms with Crippen LogP contribution < -0.4 is 0 Å². The van der Waals surface area contributed by atoms with E-state index in [0.29, 0.717) is 0 Å². The maximum absolute atomic E-state index is 5.19. The number of benzene rings is 1. The molecule has 0 heterocycles. The molecule has 120 valence electrons. The Balaban J connectivity index is 2.24. The first-order valence-corrected chi connectivity index (χ1v) is 8.42. The number of rotatable bonds is 6. The van der Waals surface area contributed by atoms with Gasteiger partial charge >= 0.3 is 0 Å². The number of ether oxygens (including phenoxy) is 1. The third-order valence-corrected chi connectivity index (χ3v) is 5.31. The highest BCUT2D eigenvalue weighted by molar-refractivity contribution is 5.31. The van der Waals surface area contributed by atoms with E-state index in [1.807, 2.05) is 0 Å². The van der Waals surface area contributed by atoms with Crippen LogP contribution in [0.15, 0.2) is 54.6 Å². The van der Waals surface area contributed by atoms with Gasteiger partial charge in [-0.1, -0.05) is 69.3 Å². The van der Waals surface area contributed by atoms with Crippen molar-refractivity contribution in [3.63, 3.8) is 0 Å².